The molecule has 1 atom stereocenters. The Morgan fingerprint density at radius 3 is 2.52 bits per heavy atom. The second-order valence-electron chi connectivity index (χ2n) is 6.86. The SMILES string of the molecule is COc1ccccc1CNC(=O)[C@@H](C)NC(=O)N1CCN(c2ccccn2)CC1. The van der Waals surface area contributed by atoms with Gasteiger partial charge in [0.25, 0.3) is 0 Å². The van der Waals surface area contributed by atoms with Crippen LogP contribution < -0.4 is 20.3 Å². The van der Waals surface area contributed by atoms with E-state index in [1.165, 1.54) is 0 Å². The van der Waals surface area contributed by atoms with Crippen LogP contribution in [-0.4, -0.2) is 61.2 Å². The molecule has 0 unspecified atom stereocenters. The van der Waals surface area contributed by atoms with E-state index in [1.807, 2.05) is 42.5 Å². The molecule has 154 valence electrons. The lowest BCUT2D eigenvalue weighted by Gasteiger charge is -2.35. The third kappa shape index (κ3) is 5.37. The van der Waals surface area contributed by atoms with E-state index in [2.05, 4.69) is 20.5 Å². The van der Waals surface area contributed by atoms with Crippen molar-refractivity contribution in [2.75, 3.05) is 38.2 Å². The molecular formula is C21H27N5O3. The maximum Gasteiger partial charge on any atom is 0.318 e. The molecule has 0 bridgehead atoms. The fourth-order valence-corrected chi connectivity index (χ4v) is 3.21. The van der Waals surface area contributed by atoms with Crippen LogP contribution >= 0.6 is 0 Å². The van der Waals surface area contributed by atoms with Gasteiger partial charge in [0, 0.05) is 44.5 Å². The van der Waals surface area contributed by atoms with E-state index < -0.39 is 6.04 Å². The summed E-state index contributed by atoms with van der Waals surface area (Å²) in [6, 6.07) is 12.4. The summed E-state index contributed by atoms with van der Waals surface area (Å²) in [4.78, 5) is 33.1. The third-order valence-corrected chi connectivity index (χ3v) is 4.92. The highest BCUT2D eigenvalue weighted by atomic mass is 16.5. The highest BCUT2D eigenvalue weighted by molar-refractivity contribution is 5.86. The molecule has 2 aromatic rings. The number of benzene rings is 1. The van der Waals surface area contributed by atoms with Crippen molar-refractivity contribution in [1.29, 1.82) is 0 Å². The van der Waals surface area contributed by atoms with Crippen LogP contribution in [0.25, 0.3) is 0 Å². The van der Waals surface area contributed by atoms with Crippen molar-refractivity contribution in [2.24, 2.45) is 0 Å². The predicted molar refractivity (Wildman–Crippen MR) is 111 cm³/mol. The van der Waals surface area contributed by atoms with Crippen molar-refractivity contribution in [1.82, 2.24) is 20.5 Å². The maximum absolute atomic E-state index is 12.5. The zero-order chi connectivity index (χ0) is 20.6. The maximum atomic E-state index is 12.5. The lowest BCUT2D eigenvalue weighted by molar-refractivity contribution is -0.122. The summed E-state index contributed by atoms with van der Waals surface area (Å²) in [6.45, 7) is 4.60. The molecule has 2 heterocycles. The van der Waals surface area contributed by atoms with Gasteiger partial charge < -0.3 is 25.2 Å². The molecule has 1 fully saturated rings. The van der Waals surface area contributed by atoms with Crippen LogP contribution in [0.15, 0.2) is 48.7 Å². The van der Waals surface area contributed by atoms with Crippen molar-refractivity contribution in [2.45, 2.75) is 19.5 Å². The first kappa shape index (κ1) is 20.4. The van der Waals surface area contributed by atoms with Crippen LogP contribution in [0.1, 0.15) is 12.5 Å². The van der Waals surface area contributed by atoms with Gasteiger partial charge >= 0.3 is 6.03 Å². The van der Waals surface area contributed by atoms with Gasteiger partial charge in [0.15, 0.2) is 0 Å². The Bertz CT molecular complexity index is 822. The largest absolute Gasteiger partial charge is 0.496 e. The molecule has 1 aliphatic rings. The normalized spacial score (nSPS) is 14.8. The van der Waals surface area contributed by atoms with E-state index >= 15 is 0 Å². The average Bonchev–Trinajstić information content (AvgIpc) is 2.78. The van der Waals surface area contributed by atoms with Crippen LogP contribution in [0.4, 0.5) is 10.6 Å². The van der Waals surface area contributed by atoms with E-state index in [4.69, 9.17) is 4.74 Å². The van der Waals surface area contributed by atoms with Gasteiger partial charge in [-0.15, -0.1) is 0 Å². The molecular weight excluding hydrogens is 370 g/mol. The number of pyridine rings is 1. The Hall–Kier alpha value is -3.29. The molecule has 0 saturated carbocycles. The zero-order valence-electron chi connectivity index (χ0n) is 16.8. The molecule has 0 aliphatic carbocycles. The predicted octanol–water partition coefficient (Wildman–Crippen LogP) is 1.63. The van der Waals surface area contributed by atoms with Crippen LogP contribution in [0.5, 0.6) is 5.75 Å². The zero-order valence-corrected chi connectivity index (χ0v) is 16.8. The van der Waals surface area contributed by atoms with Gasteiger partial charge in [0.1, 0.15) is 17.6 Å². The molecule has 1 aromatic carbocycles. The van der Waals surface area contributed by atoms with Crippen LogP contribution in [0, 0.1) is 0 Å². The van der Waals surface area contributed by atoms with E-state index in [0.717, 1.165) is 17.1 Å². The summed E-state index contributed by atoms with van der Waals surface area (Å²) < 4.78 is 5.29. The molecule has 8 nitrogen and oxygen atoms in total. The lowest BCUT2D eigenvalue weighted by Crippen LogP contribution is -2.55. The lowest BCUT2D eigenvalue weighted by atomic mass is 10.2. The van der Waals surface area contributed by atoms with Gasteiger partial charge in [0.05, 0.1) is 7.11 Å². The number of piperazine rings is 1. The second-order valence-corrected chi connectivity index (χ2v) is 6.86. The molecule has 3 amide bonds. The first-order valence-corrected chi connectivity index (χ1v) is 9.69. The van der Waals surface area contributed by atoms with Gasteiger partial charge in [-0.05, 0) is 25.1 Å². The number of rotatable bonds is 6. The standard InChI is InChI=1S/C21H27N5O3/c1-16(20(27)23-15-17-7-3-4-8-18(17)29-2)24-21(28)26-13-11-25(12-14-26)19-9-5-6-10-22-19/h3-10,16H,11-15H2,1-2H3,(H,23,27)(H,24,28)/t16-/m1/s1. The smallest absolute Gasteiger partial charge is 0.318 e. The Balaban J connectivity index is 1.44. The highest BCUT2D eigenvalue weighted by Gasteiger charge is 2.24. The second kappa shape index (κ2) is 9.77. The molecule has 3 rings (SSSR count). The van der Waals surface area contributed by atoms with Gasteiger partial charge in [-0.2, -0.15) is 0 Å². The molecule has 2 N–H and O–H groups in total. The number of hydrogen-bond acceptors (Lipinski definition) is 5. The Kier molecular flexibility index (Phi) is 6.89. The fraction of sp³-hybridized carbons (Fsp3) is 0.381. The fourth-order valence-electron chi connectivity index (χ4n) is 3.21. The van der Waals surface area contributed by atoms with Crippen molar-refractivity contribution >= 4 is 17.8 Å². The van der Waals surface area contributed by atoms with E-state index in [1.54, 1.807) is 25.1 Å². The molecule has 0 spiro atoms. The van der Waals surface area contributed by atoms with E-state index in [0.29, 0.717) is 32.7 Å². The van der Waals surface area contributed by atoms with Gasteiger partial charge in [-0.1, -0.05) is 24.3 Å². The summed E-state index contributed by atoms with van der Waals surface area (Å²) >= 11 is 0. The van der Waals surface area contributed by atoms with Crippen LogP contribution in [-0.2, 0) is 11.3 Å². The summed E-state index contributed by atoms with van der Waals surface area (Å²) in [5.74, 6) is 1.39. The number of aromatic nitrogens is 1. The van der Waals surface area contributed by atoms with Gasteiger partial charge in [-0.25, -0.2) is 9.78 Å². The van der Waals surface area contributed by atoms with Crippen molar-refractivity contribution < 1.29 is 14.3 Å². The monoisotopic (exact) mass is 397 g/mol. The van der Waals surface area contributed by atoms with Crippen molar-refractivity contribution in [3.63, 3.8) is 0 Å². The first-order valence-electron chi connectivity index (χ1n) is 9.69. The Morgan fingerprint density at radius 2 is 1.83 bits per heavy atom. The number of nitrogens with zero attached hydrogens (tertiary/aromatic N) is 3. The van der Waals surface area contributed by atoms with Gasteiger partial charge in [0.2, 0.25) is 5.91 Å². The molecule has 1 aromatic heterocycles. The summed E-state index contributed by atoms with van der Waals surface area (Å²) in [6.07, 6.45) is 1.76. The number of carbonyl (C=O) groups excluding carboxylic acids is 2. The summed E-state index contributed by atoms with van der Waals surface area (Å²) in [7, 11) is 1.59. The Morgan fingerprint density at radius 1 is 1.10 bits per heavy atom. The van der Waals surface area contributed by atoms with Crippen molar-refractivity contribution in [3.05, 3.63) is 54.2 Å². The number of amides is 3. The molecule has 29 heavy (non-hydrogen) atoms. The quantitative estimate of drug-likeness (QED) is 0.774. The molecule has 1 aliphatic heterocycles. The number of carbonyl (C=O) groups is 2. The number of hydrogen-bond donors (Lipinski definition) is 2. The molecule has 0 radical (unpaired) electrons. The number of para-hydroxylation sites is 1. The number of methoxy groups -OCH3 is 1. The highest BCUT2D eigenvalue weighted by Crippen LogP contribution is 2.16. The van der Waals surface area contributed by atoms with E-state index in [-0.39, 0.29) is 11.9 Å². The molecule has 1 saturated heterocycles. The minimum absolute atomic E-state index is 0.231. The average molecular weight is 397 g/mol. The minimum Gasteiger partial charge on any atom is -0.496 e. The first-order chi connectivity index (χ1) is 14.1. The number of urea groups is 1. The minimum atomic E-state index is -0.633. The number of nitrogens with one attached hydrogen (secondary N) is 2. The van der Waals surface area contributed by atoms with Crippen LogP contribution in [0.2, 0.25) is 0 Å². The topological polar surface area (TPSA) is 86.8 Å². The van der Waals surface area contributed by atoms with Crippen LogP contribution in [0.3, 0.4) is 0 Å². The van der Waals surface area contributed by atoms with Crippen molar-refractivity contribution in [3.8, 4) is 5.75 Å². The number of ether oxygens (including phenoxy) is 1. The summed E-state index contributed by atoms with van der Waals surface area (Å²) in [5, 5.41) is 5.62. The summed E-state index contributed by atoms with van der Waals surface area (Å²) in [5.41, 5.74) is 0.882. The number of anilines is 1. The van der Waals surface area contributed by atoms with E-state index in [9.17, 15) is 9.59 Å². The third-order valence-electron chi connectivity index (χ3n) is 4.92. The Labute approximate surface area is 170 Å². The molecule has 8 heteroatoms. The van der Waals surface area contributed by atoms with Gasteiger partial charge in [-0.3, -0.25) is 4.79 Å².